The quantitative estimate of drug-likeness (QED) is 0.101. The van der Waals surface area contributed by atoms with Crippen LogP contribution in [0.5, 0.6) is 11.5 Å². The fourth-order valence-corrected chi connectivity index (χ4v) is 16.3. The van der Waals surface area contributed by atoms with Crippen molar-refractivity contribution in [1.29, 1.82) is 0 Å². The summed E-state index contributed by atoms with van der Waals surface area (Å²) in [5, 5.41) is 0. The highest BCUT2D eigenvalue weighted by Gasteiger charge is 2.47. The van der Waals surface area contributed by atoms with Gasteiger partial charge in [0.05, 0.1) is 11.4 Å². The summed E-state index contributed by atoms with van der Waals surface area (Å²) in [5.74, 6) is 1.63. The van der Waals surface area contributed by atoms with Crippen molar-refractivity contribution in [3.8, 4) is 67.1 Å². The molecule has 5 nitrogen and oxygen atoms in total. The predicted molar refractivity (Wildman–Crippen MR) is 435 cm³/mol. The molecule has 0 aromatic heterocycles. The van der Waals surface area contributed by atoms with Crippen LogP contribution in [-0.2, 0) is 0 Å². The molecule has 0 fully saturated rings. The number of hydrogen-bond acceptors (Lipinski definition) is 5. The van der Waals surface area contributed by atoms with E-state index >= 15 is 0 Å². The van der Waals surface area contributed by atoms with Crippen molar-refractivity contribution in [3.05, 3.63) is 400 Å². The van der Waals surface area contributed by atoms with Crippen LogP contribution in [0.3, 0.4) is 0 Å². The van der Waals surface area contributed by atoms with Crippen LogP contribution in [0.4, 0.5) is 68.2 Å². The monoisotopic (exact) mass is 1310 g/mol. The van der Waals surface area contributed by atoms with Crippen molar-refractivity contribution < 1.29 is 4.74 Å². The zero-order chi connectivity index (χ0) is 68.2. The third kappa shape index (κ3) is 10.8. The first kappa shape index (κ1) is 60.8. The summed E-state index contributed by atoms with van der Waals surface area (Å²) in [6, 6.07) is 147. The van der Waals surface area contributed by atoms with Gasteiger partial charge in [0, 0.05) is 74.1 Å². The molecule has 482 valence electrons. The second kappa shape index (κ2) is 26.1. The molecule has 0 atom stereocenters. The standard InChI is InChI=1S/C96H66B2N4O/c1-11-34-67(35-12-1)72-60-82(70-40-17-4-18-41-70)96(83(61-72)71-42-19-5-20-43-71)102-90-66-89-86(65-87(90)98-85-56-31-32-57-92(85)103-93-64-79(63-91(102)95(93)98)100(75-48-25-8-26-49-75)76-50-27-9-28-51-76)97(94-80(68-36-13-2-14-37-68)54-33-55-81(94)69-38-15-3-16-39-69)84-59-58-78(62-88(84)101(89)77-52-29-10-30-53-77)99(73-44-21-6-22-45-73)74-46-23-7-24-47-74/h1-66H. The van der Waals surface area contributed by atoms with Gasteiger partial charge in [-0.3, -0.25) is 0 Å². The largest absolute Gasteiger partial charge is 0.458 e. The fraction of sp³-hybridized carbons (Fsp3) is 0. The summed E-state index contributed by atoms with van der Waals surface area (Å²) in [4.78, 5) is 9.99. The summed E-state index contributed by atoms with van der Waals surface area (Å²) < 4.78 is 7.58. The van der Waals surface area contributed by atoms with Crippen LogP contribution in [0, 0.1) is 0 Å². The van der Waals surface area contributed by atoms with E-state index < -0.39 is 0 Å². The van der Waals surface area contributed by atoms with Crippen molar-refractivity contribution in [2.45, 2.75) is 0 Å². The Bertz CT molecular complexity index is 5590. The maximum Gasteiger partial charge on any atom is 0.256 e. The molecule has 0 aliphatic carbocycles. The van der Waals surface area contributed by atoms with Gasteiger partial charge in [-0.1, -0.05) is 297 Å². The maximum atomic E-state index is 7.58. The predicted octanol–water partition coefficient (Wildman–Crippen LogP) is 21.7. The van der Waals surface area contributed by atoms with Gasteiger partial charge in [-0.2, -0.15) is 0 Å². The third-order valence-electron chi connectivity index (χ3n) is 20.7. The van der Waals surface area contributed by atoms with Gasteiger partial charge < -0.3 is 24.3 Å². The van der Waals surface area contributed by atoms with Crippen molar-refractivity contribution in [3.63, 3.8) is 0 Å². The molecule has 0 bridgehead atoms. The Kier molecular flexibility index (Phi) is 15.4. The molecule has 19 rings (SSSR count). The molecule has 103 heavy (non-hydrogen) atoms. The number of benzene rings is 16. The van der Waals surface area contributed by atoms with Crippen molar-refractivity contribution in [2.24, 2.45) is 0 Å². The molecule has 16 aromatic rings. The van der Waals surface area contributed by atoms with Gasteiger partial charge in [0.15, 0.2) is 0 Å². The van der Waals surface area contributed by atoms with Crippen LogP contribution in [0.1, 0.15) is 0 Å². The van der Waals surface area contributed by atoms with Crippen LogP contribution < -0.4 is 57.1 Å². The van der Waals surface area contributed by atoms with E-state index in [1.54, 1.807) is 0 Å². The first-order chi connectivity index (χ1) is 51.1. The van der Waals surface area contributed by atoms with Crippen molar-refractivity contribution in [2.75, 3.05) is 19.6 Å². The van der Waals surface area contributed by atoms with Crippen LogP contribution >= 0.6 is 0 Å². The minimum absolute atomic E-state index is 0.302. The minimum atomic E-state index is -0.333. The molecule has 0 unspecified atom stereocenters. The third-order valence-corrected chi connectivity index (χ3v) is 20.7. The summed E-state index contributed by atoms with van der Waals surface area (Å²) in [6.45, 7) is -0.635. The number of ether oxygens (including phenoxy) is 1. The van der Waals surface area contributed by atoms with Crippen molar-refractivity contribution in [1.82, 2.24) is 0 Å². The summed E-state index contributed by atoms with van der Waals surface area (Å²) in [7, 11) is 0. The van der Waals surface area contributed by atoms with E-state index in [0.29, 0.717) is 0 Å². The lowest BCUT2D eigenvalue weighted by atomic mass is 9.30. The van der Waals surface area contributed by atoms with Gasteiger partial charge in [-0.25, -0.2) is 0 Å². The lowest BCUT2D eigenvalue weighted by molar-refractivity contribution is 0.487. The normalized spacial score (nSPS) is 12.3. The Hall–Kier alpha value is -13.4. The second-order valence-corrected chi connectivity index (χ2v) is 26.6. The number of rotatable bonds is 14. The zero-order valence-corrected chi connectivity index (χ0v) is 56.5. The highest BCUT2D eigenvalue weighted by atomic mass is 16.5. The highest BCUT2D eigenvalue weighted by Crippen LogP contribution is 2.54. The van der Waals surface area contributed by atoms with Gasteiger partial charge in [0.1, 0.15) is 11.5 Å². The van der Waals surface area contributed by atoms with E-state index in [1.807, 2.05) is 0 Å². The van der Waals surface area contributed by atoms with E-state index in [-0.39, 0.29) is 13.4 Å². The molecule has 3 aliphatic rings. The van der Waals surface area contributed by atoms with Gasteiger partial charge in [-0.05, 0) is 175 Å². The van der Waals surface area contributed by atoms with E-state index in [1.165, 1.54) is 33.0 Å². The lowest BCUT2D eigenvalue weighted by Crippen LogP contribution is -2.63. The zero-order valence-electron chi connectivity index (χ0n) is 56.5. The van der Waals surface area contributed by atoms with E-state index in [9.17, 15) is 0 Å². The van der Waals surface area contributed by atoms with Gasteiger partial charge in [0.25, 0.3) is 6.71 Å². The molecule has 0 saturated heterocycles. The number of para-hydroxylation sites is 6. The molecule has 0 N–H and O–H groups in total. The molecule has 0 amide bonds. The van der Waals surface area contributed by atoms with Gasteiger partial charge >= 0.3 is 0 Å². The van der Waals surface area contributed by atoms with Crippen LogP contribution in [0.25, 0.3) is 55.6 Å². The number of anilines is 12. The Balaban J connectivity index is 0.989. The molecule has 3 heterocycles. The van der Waals surface area contributed by atoms with Crippen LogP contribution in [-0.4, -0.2) is 13.4 Å². The molecule has 3 aliphatic heterocycles. The van der Waals surface area contributed by atoms with Crippen LogP contribution in [0.2, 0.25) is 0 Å². The Morgan fingerprint density at radius 2 is 0.602 bits per heavy atom. The van der Waals surface area contributed by atoms with Crippen LogP contribution in [0.15, 0.2) is 400 Å². The fourth-order valence-electron chi connectivity index (χ4n) is 16.3. The summed E-state index contributed by atoms with van der Waals surface area (Å²) >= 11 is 0. The number of hydrogen-bond donors (Lipinski definition) is 0. The number of fused-ring (bicyclic) bond motifs is 6. The van der Waals surface area contributed by atoms with Crippen molar-refractivity contribution >= 4 is 114 Å². The molecule has 7 heteroatoms. The first-order valence-electron chi connectivity index (χ1n) is 35.5. The maximum absolute atomic E-state index is 7.58. The summed E-state index contributed by atoms with van der Waals surface area (Å²) in [5.41, 5.74) is 30.7. The van der Waals surface area contributed by atoms with Gasteiger partial charge in [0.2, 0.25) is 6.71 Å². The SMILES string of the molecule is c1ccc(-c2cc(-c3ccccc3)c(N3c4cc5c(cc4B4c6ccccc6Oc6cc(N(c7ccccc7)c7ccccc7)cc3c64)B(c3c(-c4ccccc4)cccc3-c3ccccc3)c3ccc(N(c4ccccc4)c4ccccc4)cc3N5c3ccccc3)c(-c3ccccc3)c2)cc1. The lowest BCUT2D eigenvalue weighted by Gasteiger charge is -2.45. The summed E-state index contributed by atoms with van der Waals surface area (Å²) in [6.07, 6.45) is 0. The number of nitrogens with zero attached hydrogens (tertiary/aromatic N) is 4. The smallest absolute Gasteiger partial charge is 0.256 e. The average Bonchev–Trinajstić information content (AvgIpc) is 0.689. The molecular weight excluding hydrogens is 1250 g/mol. The average molecular weight is 1310 g/mol. The van der Waals surface area contributed by atoms with Gasteiger partial charge in [-0.15, -0.1) is 0 Å². The molecule has 0 radical (unpaired) electrons. The minimum Gasteiger partial charge on any atom is -0.458 e. The Labute approximate surface area is 602 Å². The molecule has 16 aromatic carbocycles. The molecule has 0 saturated carbocycles. The molecular formula is C96H66B2N4O. The first-order valence-corrected chi connectivity index (χ1v) is 35.5. The van der Waals surface area contributed by atoms with E-state index in [2.05, 4.69) is 420 Å². The topological polar surface area (TPSA) is 22.2 Å². The molecule has 0 spiro atoms. The second-order valence-electron chi connectivity index (χ2n) is 26.6. The highest BCUT2D eigenvalue weighted by molar-refractivity contribution is 7.02. The van der Waals surface area contributed by atoms with E-state index in [4.69, 9.17) is 4.74 Å². The van der Waals surface area contributed by atoms with E-state index in [0.717, 1.165) is 135 Å². The Morgan fingerprint density at radius 1 is 0.214 bits per heavy atom. The Morgan fingerprint density at radius 3 is 1.10 bits per heavy atom.